The van der Waals surface area contributed by atoms with Crippen molar-refractivity contribution >= 4 is 14.2 Å². The predicted molar refractivity (Wildman–Crippen MR) is 109 cm³/mol. The van der Waals surface area contributed by atoms with Gasteiger partial charge in [-0.05, 0) is 30.1 Å². The molecule has 0 radical (unpaired) electrons. The molecule has 1 aromatic rings. The fraction of sp³-hybridized carbons (Fsp3) is 0.591. The number of likely N-dealkylation sites (tertiary alicyclic amines) is 1. The molecular formula is C22H31NO3Si. The van der Waals surface area contributed by atoms with Crippen molar-refractivity contribution in [2.45, 2.75) is 69.7 Å². The summed E-state index contributed by atoms with van der Waals surface area (Å²) < 4.78 is 13.2. The molecule has 2 bridgehead atoms. The van der Waals surface area contributed by atoms with Gasteiger partial charge in [0.05, 0.1) is 18.1 Å². The molecule has 146 valence electrons. The van der Waals surface area contributed by atoms with Crippen molar-refractivity contribution in [3.8, 4) is 0 Å². The average molecular weight is 386 g/mol. The zero-order chi connectivity index (χ0) is 19.4. The maximum absolute atomic E-state index is 13.3. The van der Waals surface area contributed by atoms with Crippen molar-refractivity contribution in [1.82, 2.24) is 4.90 Å². The first kappa shape index (κ1) is 18.9. The van der Waals surface area contributed by atoms with E-state index in [1.165, 1.54) is 0 Å². The number of fused-ring (bicyclic) bond motifs is 1. The van der Waals surface area contributed by atoms with E-state index in [1.807, 2.05) is 23.1 Å². The first-order valence-corrected chi connectivity index (χ1v) is 12.9. The Balaban J connectivity index is 1.63. The number of rotatable bonds is 4. The lowest BCUT2D eigenvalue weighted by atomic mass is 9.75. The van der Waals surface area contributed by atoms with Gasteiger partial charge in [0.2, 0.25) is 5.91 Å². The van der Waals surface area contributed by atoms with Gasteiger partial charge in [-0.25, -0.2) is 0 Å². The molecule has 1 spiro atoms. The van der Waals surface area contributed by atoms with Gasteiger partial charge < -0.3 is 14.1 Å². The monoisotopic (exact) mass is 385 g/mol. The second kappa shape index (κ2) is 6.29. The number of nitrogens with zero attached hydrogens (tertiary/aromatic N) is 1. The number of ether oxygens (including phenoxy) is 1. The van der Waals surface area contributed by atoms with E-state index in [0.717, 1.165) is 12.0 Å². The van der Waals surface area contributed by atoms with E-state index in [4.69, 9.17) is 9.16 Å². The molecule has 0 aromatic heterocycles. The Bertz CT molecular complexity index is 755. The standard InChI is InChI=1S/C22H31NO3Si/c1-21(2,3)27(4,5)26-19-15-23(14-16-9-7-6-8-10-16)20(24)18-13-17-11-12-22(18,19)25-17/h6-12,17-19H,13-15H2,1-5H3/t17-,18+,19+,22+/m1/s1. The molecule has 0 saturated carbocycles. The van der Waals surface area contributed by atoms with E-state index in [0.29, 0.717) is 13.1 Å². The number of piperidine rings is 1. The lowest BCUT2D eigenvalue weighted by Gasteiger charge is -2.50. The zero-order valence-electron chi connectivity index (χ0n) is 17.1. The summed E-state index contributed by atoms with van der Waals surface area (Å²) in [5, 5.41) is 0.116. The Morgan fingerprint density at radius 1 is 1.26 bits per heavy atom. The SMILES string of the molecule is CC(C)(C)[Si](C)(C)O[C@H]1CN(Cc2ccccc2)C(=O)[C@@H]2C[C@H]3C=C[C@@]12O3. The molecule has 5 heteroatoms. The van der Waals surface area contributed by atoms with Gasteiger partial charge in [0, 0.05) is 13.1 Å². The van der Waals surface area contributed by atoms with Crippen LogP contribution in [0, 0.1) is 5.92 Å². The largest absolute Gasteiger partial charge is 0.409 e. The zero-order valence-corrected chi connectivity index (χ0v) is 18.1. The van der Waals surface area contributed by atoms with Gasteiger partial charge in [-0.2, -0.15) is 0 Å². The Kier molecular flexibility index (Phi) is 4.41. The summed E-state index contributed by atoms with van der Waals surface area (Å²) in [6, 6.07) is 10.2. The molecule has 1 aromatic carbocycles. The van der Waals surface area contributed by atoms with E-state index < -0.39 is 13.9 Å². The van der Waals surface area contributed by atoms with Crippen LogP contribution in [0.15, 0.2) is 42.5 Å². The lowest BCUT2D eigenvalue weighted by Crippen LogP contribution is -2.64. The molecule has 3 aliphatic heterocycles. The topological polar surface area (TPSA) is 38.8 Å². The van der Waals surface area contributed by atoms with Crippen molar-refractivity contribution in [1.29, 1.82) is 0 Å². The molecule has 27 heavy (non-hydrogen) atoms. The minimum atomic E-state index is -1.99. The van der Waals surface area contributed by atoms with E-state index in [2.05, 4.69) is 58.2 Å². The van der Waals surface area contributed by atoms with Gasteiger partial charge in [-0.15, -0.1) is 0 Å². The molecule has 1 amide bonds. The second-order valence-electron chi connectivity index (χ2n) is 9.73. The normalized spacial score (nSPS) is 32.9. The van der Waals surface area contributed by atoms with Crippen molar-refractivity contribution < 1.29 is 14.0 Å². The summed E-state index contributed by atoms with van der Waals surface area (Å²) in [4.78, 5) is 15.3. The molecule has 4 atom stereocenters. The molecule has 3 aliphatic rings. The number of hydrogen-bond acceptors (Lipinski definition) is 3. The summed E-state index contributed by atoms with van der Waals surface area (Å²) in [7, 11) is -1.99. The highest BCUT2D eigenvalue weighted by atomic mass is 28.4. The highest BCUT2D eigenvalue weighted by Crippen LogP contribution is 2.51. The molecule has 2 saturated heterocycles. The highest BCUT2D eigenvalue weighted by Gasteiger charge is 2.63. The van der Waals surface area contributed by atoms with E-state index in [9.17, 15) is 4.79 Å². The van der Waals surface area contributed by atoms with Crippen LogP contribution in [0.3, 0.4) is 0 Å². The van der Waals surface area contributed by atoms with Gasteiger partial charge in [-0.3, -0.25) is 4.79 Å². The quantitative estimate of drug-likeness (QED) is 0.578. The van der Waals surface area contributed by atoms with Crippen LogP contribution in [0.5, 0.6) is 0 Å². The van der Waals surface area contributed by atoms with Crippen molar-refractivity contribution in [3.05, 3.63) is 48.0 Å². The van der Waals surface area contributed by atoms with Gasteiger partial charge in [0.15, 0.2) is 8.32 Å². The third-order valence-corrected chi connectivity index (χ3v) is 11.4. The Morgan fingerprint density at radius 3 is 2.59 bits per heavy atom. The molecule has 4 rings (SSSR count). The van der Waals surface area contributed by atoms with Gasteiger partial charge >= 0.3 is 0 Å². The number of amides is 1. The fourth-order valence-corrected chi connectivity index (χ4v) is 5.63. The van der Waals surface area contributed by atoms with Crippen molar-refractivity contribution in [2.24, 2.45) is 5.92 Å². The second-order valence-corrected chi connectivity index (χ2v) is 14.5. The molecule has 0 aliphatic carbocycles. The van der Waals surface area contributed by atoms with Crippen LogP contribution in [-0.2, 0) is 20.5 Å². The van der Waals surface area contributed by atoms with Crippen LogP contribution in [-0.4, -0.2) is 43.5 Å². The van der Waals surface area contributed by atoms with Crippen molar-refractivity contribution in [3.63, 3.8) is 0 Å². The Morgan fingerprint density at radius 2 is 1.96 bits per heavy atom. The minimum Gasteiger partial charge on any atom is -0.409 e. The van der Waals surface area contributed by atoms with Crippen molar-refractivity contribution in [2.75, 3.05) is 6.54 Å². The summed E-state index contributed by atoms with van der Waals surface area (Å²) in [6.45, 7) is 12.6. The molecule has 4 nitrogen and oxygen atoms in total. The van der Waals surface area contributed by atoms with Crippen LogP contribution in [0.1, 0.15) is 32.8 Å². The predicted octanol–water partition coefficient (Wildman–Crippen LogP) is 4.13. The highest BCUT2D eigenvalue weighted by molar-refractivity contribution is 6.74. The average Bonchev–Trinajstić information content (AvgIpc) is 3.18. The first-order chi connectivity index (χ1) is 12.6. The third-order valence-electron chi connectivity index (χ3n) is 6.90. The van der Waals surface area contributed by atoms with Crippen LogP contribution in [0.2, 0.25) is 18.1 Å². The number of hydrogen-bond donors (Lipinski definition) is 0. The van der Waals surface area contributed by atoms with Gasteiger partial charge in [0.1, 0.15) is 5.60 Å². The van der Waals surface area contributed by atoms with Gasteiger partial charge in [-0.1, -0.05) is 63.3 Å². The molecule has 2 fully saturated rings. The smallest absolute Gasteiger partial charge is 0.229 e. The summed E-state index contributed by atoms with van der Waals surface area (Å²) in [6.07, 6.45) is 4.98. The third kappa shape index (κ3) is 3.10. The van der Waals surface area contributed by atoms with Crippen LogP contribution < -0.4 is 0 Å². The number of carbonyl (C=O) groups is 1. The van der Waals surface area contributed by atoms with Crippen LogP contribution >= 0.6 is 0 Å². The van der Waals surface area contributed by atoms with E-state index in [-0.39, 0.29) is 29.1 Å². The minimum absolute atomic E-state index is 0.0566. The molecule has 0 N–H and O–H groups in total. The fourth-order valence-electron chi connectivity index (χ4n) is 4.30. The first-order valence-electron chi connectivity index (χ1n) is 10.0. The summed E-state index contributed by atoms with van der Waals surface area (Å²) >= 11 is 0. The molecule has 0 unspecified atom stereocenters. The molecular weight excluding hydrogens is 354 g/mol. The van der Waals surface area contributed by atoms with Crippen LogP contribution in [0.4, 0.5) is 0 Å². The Labute approximate surface area is 163 Å². The van der Waals surface area contributed by atoms with Gasteiger partial charge in [0.25, 0.3) is 0 Å². The summed E-state index contributed by atoms with van der Waals surface area (Å²) in [5.41, 5.74) is 0.595. The van der Waals surface area contributed by atoms with Crippen LogP contribution in [0.25, 0.3) is 0 Å². The number of benzene rings is 1. The Hall–Kier alpha value is -1.43. The maximum Gasteiger partial charge on any atom is 0.229 e. The maximum atomic E-state index is 13.3. The lowest BCUT2D eigenvalue weighted by molar-refractivity contribution is -0.161. The summed E-state index contributed by atoms with van der Waals surface area (Å²) in [5.74, 6) is 0.0838. The molecule has 3 heterocycles. The van der Waals surface area contributed by atoms with E-state index >= 15 is 0 Å². The van der Waals surface area contributed by atoms with E-state index in [1.54, 1.807) is 0 Å². The number of carbonyl (C=O) groups excluding carboxylic acids is 1.